The summed E-state index contributed by atoms with van der Waals surface area (Å²) >= 11 is 1.23. The largest absolute Gasteiger partial charge is 0.493 e. The van der Waals surface area contributed by atoms with E-state index in [4.69, 9.17) is 5.73 Å². The van der Waals surface area contributed by atoms with E-state index in [1.54, 1.807) is 0 Å². The molecule has 0 aliphatic carbocycles. The van der Waals surface area contributed by atoms with Crippen LogP contribution in [0.1, 0.15) is 5.56 Å². The quantitative estimate of drug-likeness (QED) is 0.779. The molecule has 2 amide bonds. The SMILES string of the molecule is NC(=O)N1N=C(c2ccccc2)SC=C1O. The molecule has 16 heavy (non-hydrogen) atoms. The van der Waals surface area contributed by atoms with Crippen molar-refractivity contribution in [1.29, 1.82) is 0 Å². The number of thioether (sulfide) groups is 1. The van der Waals surface area contributed by atoms with Gasteiger partial charge in [-0.25, -0.2) is 4.79 Å². The van der Waals surface area contributed by atoms with Gasteiger partial charge in [-0.1, -0.05) is 42.1 Å². The first-order chi connectivity index (χ1) is 7.68. The van der Waals surface area contributed by atoms with Crippen LogP contribution in [-0.2, 0) is 0 Å². The fraction of sp³-hybridized carbons (Fsp3) is 0. The predicted molar refractivity (Wildman–Crippen MR) is 62.7 cm³/mol. The topological polar surface area (TPSA) is 78.9 Å². The number of amides is 2. The molecule has 0 atom stereocenters. The number of aliphatic hydroxyl groups excluding tert-OH is 1. The summed E-state index contributed by atoms with van der Waals surface area (Å²) in [6.07, 6.45) is 0. The van der Waals surface area contributed by atoms with Gasteiger partial charge in [-0.05, 0) is 0 Å². The van der Waals surface area contributed by atoms with Gasteiger partial charge in [0.05, 0.1) is 0 Å². The molecule has 0 spiro atoms. The third-order valence-corrected chi connectivity index (χ3v) is 2.78. The van der Waals surface area contributed by atoms with E-state index in [9.17, 15) is 9.90 Å². The van der Waals surface area contributed by atoms with Gasteiger partial charge in [-0.2, -0.15) is 5.10 Å². The number of carbonyl (C=O) groups is 1. The Morgan fingerprint density at radius 2 is 2.06 bits per heavy atom. The highest BCUT2D eigenvalue weighted by molar-refractivity contribution is 8.16. The number of aliphatic hydroxyl groups is 1. The molecule has 6 heteroatoms. The molecule has 1 aliphatic rings. The van der Waals surface area contributed by atoms with Crippen molar-refractivity contribution in [2.75, 3.05) is 0 Å². The number of carbonyl (C=O) groups excluding carboxylic acids is 1. The summed E-state index contributed by atoms with van der Waals surface area (Å²) in [5.74, 6) is -0.266. The maximum Gasteiger partial charge on any atom is 0.342 e. The maximum atomic E-state index is 11.0. The van der Waals surface area contributed by atoms with Crippen molar-refractivity contribution in [3.8, 4) is 0 Å². The van der Waals surface area contributed by atoms with E-state index in [1.807, 2.05) is 30.3 Å². The molecule has 0 radical (unpaired) electrons. The summed E-state index contributed by atoms with van der Waals surface area (Å²) in [6.45, 7) is 0. The maximum absolute atomic E-state index is 11.0. The molecule has 0 saturated carbocycles. The fourth-order valence-corrected chi connectivity index (χ4v) is 1.91. The standard InChI is InChI=1S/C10H9N3O2S/c11-10(15)13-8(14)6-16-9(12-13)7-4-2-1-3-5-7/h1-6,14H,(H2,11,15). The van der Waals surface area contributed by atoms with Crippen molar-refractivity contribution in [2.45, 2.75) is 0 Å². The summed E-state index contributed by atoms with van der Waals surface area (Å²) in [5, 5.41) is 16.1. The van der Waals surface area contributed by atoms with Crippen molar-refractivity contribution in [3.05, 3.63) is 47.2 Å². The van der Waals surface area contributed by atoms with E-state index in [0.717, 1.165) is 10.6 Å². The van der Waals surface area contributed by atoms with Gasteiger partial charge in [0.1, 0.15) is 5.04 Å². The molecule has 0 saturated heterocycles. The lowest BCUT2D eigenvalue weighted by atomic mass is 10.2. The van der Waals surface area contributed by atoms with Crippen LogP contribution in [0.15, 0.2) is 46.7 Å². The van der Waals surface area contributed by atoms with Crippen molar-refractivity contribution in [1.82, 2.24) is 5.01 Å². The van der Waals surface area contributed by atoms with Crippen molar-refractivity contribution in [2.24, 2.45) is 10.8 Å². The summed E-state index contributed by atoms with van der Waals surface area (Å²) in [7, 11) is 0. The lowest BCUT2D eigenvalue weighted by Gasteiger charge is -2.18. The molecule has 0 bridgehead atoms. The van der Waals surface area contributed by atoms with Crippen LogP contribution in [0.4, 0.5) is 4.79 Å². The Morgan fingerprint density at radius 3 is 2.69 bits per heavy atom. The van der Waals surface area contributed by atoms with E-state index in [0.29, 0.717) is 5.04 Å². The van der Waals surface area contributed by atoms with Gasteiger partial charge in [0, 0.05) is 11.0 Å². The van der Waals surface area contributed by atoms with Gasteiger partial charge in [0.2, 0.25) is 5.88 Å². The summed E-state index contributed by atoms with van der Waals surface area (Å²) in [6, 6.07) is 8.53. The van der Waals surface area contributed by atoms with Crippen LogP contribution in [0.25, 0.3) is 0 Å². The Balaban J connectivity index is 2.32. The van der Waals surface area contributed by atoms with Gasteiger partial charge in [-0.15, -0.1) is 5.01 Å². The normalized spacial score (nSPS) is 15.4. The van der Waals surface area contributed by atoms with Crippen LogP contribution >= 0.6 is 11.8 Å². The number of hydrogen-bond donors (Lipinski definition) is 2. The highest BCUT2D eigenvalue weighted by Crippen LogP contribution is 2.23. The molecule has 2 rings (SSSR count). The summed E-state index contributed by atoms with van der Waals surface area (Å²) in [4.78, 5) is 11.0. The highest BCUT2D eigenvalue weighted by Gasteiger charge is 2.20. The van der Waals surface area contributed by atoms with Gasteiger partial charge in [-0.3, -0.25) is 0 Å². The lowest BCUT2D eigenvalue weighted by molar-refractivity contribution is 0.191. The Labute approximate surface area is 96.2 Å². The van der Waals surface area contributed by atoms with Crippen LogP contribution in [0.5, 0.6) is 0 Å². The number of urea groups is 1. The number of primary amides is 1. The number of hydrazone groups is 1. The molecule has 0 fully saturated rings. The molecule has 1 aromatic carbocycles. The second-order valence-electron chi connectivity index (χ2n) is 3.02. The molecule has 1 heterocycles. The minimum atomic E-state index is -0.817. The molecule has 1 aromatic rings. The number of benzene rings is 1. The second-order valence-corrected chi connectivity index (χ2v) is 3.87. The van der Waals surface area contributed by atoms with Gasteiger partial charge in [0.15, 0.2) is 0 Å². The monoisotopic (exact) mass is 235 g/mol. The molecular weight excluding hydrogens is 226 g/mol. The van der Waals surface area contributed by atoms with Crippen LogP contribution in [0.2, 0.25) is 0 Å². The molecule has 5 nitrogen and oxygen atoms in total. The van der Waals surface area contributed by atoms with Gasteiger partial charge >= 0.3 is 6.03 Å². The molecule has 3 N–H and O–H groups in total. The highest BCUT2D eigenvalue weighted by atomic mass is 32.2. The molecule has 1 aliphatic heterocycles. The van der Waals surface area contributed by atoms with Crippen LogP contribution < -0.4 is 5.73 Å². The Hall–Kier alpha value is -1.95. The average Bonchev–Trinajstić information content (AvgIpc) is 2.30. The fourth-order valence-electron chi connectivity index (χ4n) is 1.19. The van der Waals surface area contributed by atoms with E-state index in [1.165, 1.54) is 17.2 Å². The zero-order chi connectivity index (χ0) is 11.5. The third-order valence-electron chi connectivity index (χ3n) is 1.91. The van der Waals surface area contributed by atoms with Crippen LogP contribution in [-0.4, -0.2) is 21.2 Å². The number of nitrogens with two attached hydrogens (primary N) is 1. The van der Waals surface area contributed by atoms with E-state index in [-0.39, 0.29) is 5.88 Å². The predicted octanol–water partition coefficient (Wildman–Crippen LogP) is 1.83. The minimum Gasteiger partial charge on any atom is -0.493 e. The van der Waals surface area contributed by atoms with Crippen molar-refractivity contribution >= 4 is 22.8 Å². The van der Waals surface area contributed by atoms with E-state index >= 15 is 0 Å². The summed E-state index contributed by atoms with van der Waals surface area (Å²) in [5.41, 5.74) is 5.93. The van der Waals surface area contributed by atoms with Gasteiger partial charge < -0.3 is 10.8 Å². The smallest absolute Gasteiger partial charge is 0.342 e. The van der Waals surface area contributed by atoms with Crippen molar-refractivity contribution in [3.63, 3.8) is 0 Å². The number of hydrogen-bond acceptors (Lipinski definition) is 4. The molecule has 0 aromatic heterocycles. The van der Waals surface area contributed by atoms with Crippen LogP contribution in [0.3, 0.4) is 0 Å². The first kappa shape index (κ1) is 10.6. The zero-order valence-corrected chi connectivity index (χ0v) is 9.02. The molecule has 0 unspecified atom stereocenters. The first-order valence-corrected chi connectivity index (χ1v) is 5.36. The molecule has 82 valence electrons. The Bertz CT molecular complexity index is 470. The number of nitrogens with zero attached hydrogens (tertiary/aromatic N) is 2. The van der Waals surface area contributed by atoms with Crippen LogP contribution in [0, 0.1) is 0 Å². The van der Waals surface area contributed by atoms with Gasteiger partial charge in [0.25, 0.3) is 0 Å². The summed E-state index contributed by atoms with van der Waals surface area (Å²) < 4.78 is 0. The zero-order valence-electron chi connectivity index (χ0n) is 8.20. The van der Waals surface area contributed by atoms with E-state index in [2.05, 4.69) is 5.10 Å². The lowest BCUT2D eigenvalue weighted by Crippen LogP contribution is -2.32. The number of rotatable bonds is 1. The first-order valence-electron chi connectivity index (χ1n) is 4.48. The minimum absolute atomic E-state index is 0.266. The average molecular weight is 235 g/mol. The van der Waals surface area contributed by atoms with Crippen molar-refractivity contribution < 1.29 is 9.90 Å². The Morgan fingerprint density at radius 1 is 1.38 bits per heavy atom. The Kier molecular flexibility index (Phi) is 2.82. The second kappa shape index (κ2) is 4.28. The third kappa shape index (κ3) is 2.01. The molecular formula is C10H9N3O2S. The van der Waals surface area contributed by atoms with E-state index < -0.39 is 6.03 Å².